The Morgan fingerprint density at radius 3 is 2.25 bits per heavy atom. The van der Waals surface area contributed by atoms with Crippen LogP contribution in [0.5, 0.6) is 0 Å². The van der Waals surface area contributed by atoms with E-state index in [9.17, 15) is 19.5 Å². The Labute approximate surface area is 188 Å². The first kappa shape index (κ1) is 23.3. The summed E-state index contributed by atoms with van der Waals surface area (Å²) in [4.78, 5) is 36.6. The van der Waals surface area contributed by atoms with E-state index >= 15 is 0 Å². The molecule has 0 aliphatic carbocycles. The molecule has 1 aromatic heterocycles. The Hall–Kier alpha value is -3.41. The lowest BCUT2D eigenvalue weighted by Crippen LogP contribution is -2.27. The van der Waals surface area contributed by atoms with Crippen LogP contribution in [0.2, 0.25) is 0 Å². The van der Waals surface area contributed by atoms with E-state index in [0.717, 1.165) is 29.5 Å². The molecule has 1 heterocycles. The topological polar surface area (TPSA) is 81.3 Å². The van der Waals surface area contributed by atoms with Crippen LogP contribution in [0.1, 0.15) is 72.3 Å². The summed E-state index contributed by atoms with van der Waals surface area (Å²) in [6.07, 6.45) is 2.33. The van der Waals surface area contributed by atoms with E-state index in [2.05, 4.69) is 13.8 Å². The van der Waals surface area contributed by atoms with Gasteiger partial charge in [-0.25, -0.2) is 9.59 Å². The smallest absolute Gasteiger partial charge is 0.336 e. The van der Waals surface area contributed by atoms with E-state index in [4.69, 9.17) is 0 Å². The normalized spacial score (nSPS) is 11.3. The maximum absolute atomic E-state index is 13.2. The van der Waals surface area contributed by atoms with Crippen LogP contribution in [0.3, 0.4) is 0 Å². The van der Waals surface area contributed by atoms with Crippen molar-refractivity contribution in [1.29, 1.82) is 0 Å². The van der Waals surface area contributed by atoms with Crippen LogP contribution in [-0.2, 0) is 13.0 Å². The second kappa shape index (κ2) is 9.81. The van der Waals surface area contributed by atoms with Gasteiger partial charge in [0.25, 0.3) is 0 Å². The Bertz CT molecular complexity index is 1170. The largest absolute Gasteiger partial charge is 0.478 e. The number of carboxylic acids is 1. The molecule has 0 atom stereocenters. The van der Waals surface area contributed by atoms with Gasteiger partial charge in [-0.3, -0.25) is 13.9 Å². The van der Waals surface area contributed by atoms with Crippen molar-refractivity contribution in [3.8, 4) is 11.1 Å². The van der Waals surface area contributed by atoms with Crippen LogP contribution < -0.4 is 5.69 Å². The molecule has 2 aromatic carbocycles. The molecule has 0 fully saturated rings. The molecule has 168 valence electrons. The fourth-order valence-corrected chi connectivity index (χ4v) is 3.99. The highest BCUT2D eigenvalue weighted by atomic mass is 16.4. The van der Waals surface area contributed by atoms with Gasteiger partial charge in [0, 0.05) is 6.04 Å². The summed E-state index contributed by atoms with van der Waals surface area (Å²) in [5.41, 5.74) is 3.65. The molecule has 3 aromatic rings. The average molecular weight is 435 g/mol. The molecule has 0 bridgehead atoms. The molecule has 6 heteroatoms. The predicted octanol–water partition coefficient (Wildman–Crippen LogP) is 5.05. The van der Waals surface area contributed by atoms with Gasteiger partial charge in [-0.05, 0) is 55.4 Å². The lowest BCUT2D eigenvalue weighted by Gasteiger charge is -2.11. The van der Waals surface area contributed by atoms with Gasteiger partial charge < -0.3 is 5.11 Å². The number of carbonyl (C=O) groups excluding carboxylic acids is 1. The third kappa shape index (κ3) is 4.74. The van der Waals surface area contributed by atoms with Gasteiger partial charge in [0.1, 0.15) is 5.69 Å². The number of imidazole rings is 1. The maximum atomic E-state index is 13.2. The molecular formula is C26H30N2O4. The number of aldehydes is 1. The highest BCUT2D eigenvalue weighted by molar-refractivity contribution is 5.96. The van der Waals surface area contributed by atoms with Crippen LogP contribution in [-0.4, -0.2) is 26.5 Å². The number of aromatic nitrogens is 2. The third-order valence-corrected chi connectivity index (χ3v) is 5.67. The zero-order valence-electron chi connectivity index (χ0n) is 19.0. The van der Waals surface area contributed by atoms with Crippen molar-refractivity contribution in [2.45, 2.75) is 53.1 Å². The van der Waals surface area contributed by atoms with Crippen molar-refractivity contribution in [1.82, 2.24) is 9.13 Å². The number of benzene rings is 2. The van der Waals surface area contributed by atoms with Crippen molar-refractivity contribution >= 4 is 12.3 Å². The van der Waals surface area contributed by atoms with Gasteiger partial charge >= 0.3 is 11.7 Å². The minimum atomic E-state index is -0.970. The fourth-order valence-electron chi connectivity index (χ4n) is 3.99. The molecule has 0 spiro atoms. The van der Waals surface area contributed by atoms with Crippen molar-refractivity contribution < 1.29 is 14.7 Å². The minimum absolute atomic E-state index is 0.114. The zero-order chi connectivity index (χ0) is 23.4. The summed E-state index contributed by atoms with van der Waals surface area (Å²) < 4.78 is 3.27. The molecule has 3 rings (SSSR count). The van der Waals surface area contributed by atoms with Crippen LogP contribution in [0.25, 0.3) is 11.1 Å². The maximum Gasteiger partial charge on any atom is 0.336 e. The van der Waals surface area contributed by atoms with Crippen molar-refractivity contribution in [3.63, 3.8) is 0 Å². The number of rotatable bonds is 9. The number of hydrogen-bond donors (Lipinski definition) is 1. The molecule has 32 heavy (non-hydrogen) atoms. The number of nitrogens with zero attached hydrogens (tertiary/aromatic N) is 2. The van der Waals surface area contributed by atoms with E-state index in [-0.39, 0.29) is 17.3 Å². The van der Waals surface area contributed by atoms with Crippen LogP contribution in [0.4, 0.5) is 0 Å². The van der Waals surface area contributed by atoms with Crippen LogP contribution in [0, 0.1) is 5.92 Å². The van der Waals surface area contributed by atoms with Crippen molar-refractivity contribution in [3.05, 3.63) is 81.5 Å². The van der Waals surface area contributed by atoms with E-state index in [1.807, 2.05) is 44.2 Å². The summed E-state index contributed by atoms with van der Waals surface area (Å²) in [6.45, 7) is 8.40. The van der Waals surface area contributed by atoms with Crippen LogP contribution >= 0.6 is 0 Å². The van der Waals surface area contributed by atoms with E-state index in [1.54, 1.807) is 27.3 Å². The molecule has 0 aliphatic rings. The van der Waals surface area contributed by atoms with Gasteiger partial charge in [0.15, 0.2) is 6.29 Å². The van der Waals surface area contributed by atoms with Crippen molar-refractivity contribution in [2.24, 2.45) is 5.92 Å². The number of carboxylic acid groups (broad SMARTS) is 1. The lowest BCUT2D eigenvalue weighted by molar-refractivity contribution is 0.0697. The molecule has 1 N–H and O–H groups in total. The number of carbonyl (C=O) groups is 2. The lowest BCUT2D eigenvalue weighted by atomic mass is 9.98. The average Bonchev–Trinajstić information content (AvgIpc) is 3.03. The Kier molecular flexibility index (Phi) is 7.13. The molecule has 0 saturated heterocycles. The van der Waals surface area contributed by atoms with Gasteiger partial charge in [0.05, 0.1) is 17.8 Å². The van der Waals surface area contributed by atoms with Gasteiger partial charge in [-0.1, -0.05) is 56.3 Å². The summed E-state index contributed by atoms with van der Waals surface area (Å²) in [6, 6.07) is 14.3. The molecule has 6 nitrogen and oxygen atoms in total. The first-order valence-electron chi connectivity index (χ1n) is 10.9. The standard InChI is InChI=1S/C26H30N2O4/c1-17(2)9-14-23-24(16-29)28(18(3)4)26(32)27(23)15-19-10-12-20(13-11-19)21-7-5-6-8-22(21)25(30)31/h5-8,10-13,16-18H,9,14-15H2,1-4H3,(H,30,31). The second-order valence-electron chi connectivity index (χ2n) is 8.76. The number of hydrogen-bond acceptors (Lipinski definition) is 3. The van der Waals surface area contributed by atoms with E-state index in [0.29, 0.717) is 30.1 Å². The highest BCUT2D eigenvalue weighted by Gasteiger charge is 2.21. The van der Waals surface area contributed by atoms with Crippen LogP contribution in [0.15, 0.2) is 53.3 Å². The van der Waals surface area contributed by atoms with Crippen molar-refractivity contribution in [2.75, 3.05) is 0 Å². The molecule has 0 saturated carbocycles. The molecule has 0 radical (unpaired) electrons. The molecular weight excluding hydrogens is 404 g/mol. The Morgan fingerprint density at radius 2 is 1.69 bits per heavy atom. The number of aromatic carboxylic acids is 1. The first-order valence-corrected chi connectivity index (χ1v) is 10.9. The summed E-state index contributed by atoms with van der Waals surface area (Å²) >= 11 is 0. The summed E-state index contributed by atoms with van der Waals surface area (Å²) in [7, 11) is 0. The predicted molar refractivity (Wildman–Crippen MR) is 126 cm³/mol. The van der Waals surface area contributed by atoms with Gasteiger partial charge in [-0.2, -0.15) is 0 Å². The first-order chi connectivity index (χ1) is 15.2. The summed E-state index contributed by atoms with van der Waals surface area (Å²) in [5, 5.41) is 9.45. The minimum Gasteiger partial charge on any atom is -0.478 e. The Balaban J connectivity index is 1.99. The Morgan fingerprint density at radius 1 is 1.03 bits per heavy atom. The quantitative estimate of drug-likeness (QED) is 0.478. The fraction of sp³-hybridized carbons (Fsp3) is 0.346. The van der Waals surface area contributed by atoms with E-state index < -0.39 is 5.97 Å². The zero-order valence-corrected chi connectivity index (χ0v) is 19.0. The third-order valence-electron chi connectivity index (χ3n) is 5.67. The second-order valence-corrected chi connectivity index (χ2v) is 8.76. The molecule has 0 unspecified atom stereocenters. The SMILES string of the molecule is CC(C)CCc1c(C=O)n(C(C)C)c(=O)n1Cc1ccc(-c2ccccc2C(=O)O)cc1. The van der Waals surface area contributed by atoms with Gasteiger partial charge in [0.2, 0.25) is 0 Å². The van der Waals surface area contributed by atoms with Gasteiger partial charge in [-0.15, -0.1) is 0 Å². The monoisotopic (exact) mass is 434 g/mol. The van der Waals surface area contributed by atoms with E-state index in [1.165, 1.54) is 0 Å². The molecule has 0 aliphatic heterocycles. The highest BCUT2D eigenvalue weighted by Crippen LogP contribution is 2.25. The molecule has 0 amide bonds. The summed E-state index contributed by atoms with van der Waals surface area (Å²) in [5.74, 6) is -0.517.